The van der Waals surface area contributed by atoms with E-state index in [0.717, 1.165) is 22.8 Å². The largest absolute Gasteiger partial charge is 0.370 e. The van der Waals surface area contributed by atoms with Crippen molar-refractivity contribution in [3.63, 3.8) is 0 Å². The molecule has 0 bridgehead atoms. The molecule has 2 rings (SSSR count). The summed E-state index contributed by atoms with van der Waals surface area (Å²) in [4.78, 5) is 2.15. The highest BCUT2D eigenvalue weighted by Gasteiger charge is 2.08. The van der Waals surface area contributed by atoms with E-state index in [1.807, 2.05) is 49.5 Å². The maximum atomic E-state index is 5.99. The summed E-state index contributed by atoms with van der Waals surface area (Å²) in [5, 5.41) is 1.46. The van der Waals surface area contributed by atoms with E-state index >= 15 is 0 Å². The van der Waals surface area contributed by atoms with E-state index in [2.05, 4.69) is 4.90 Å². The van der Waals surface area contributed by atoms with Crippen molar-refractivity contribution in [1.29, 1.82) is 0 Å². The van der Waals surface area contributed by atoms with Gasteiger partial charge in [-0.15, -0.1) is 11.6 Å². The Hall–Kier alpha value is -0.890. The molecule has 0 N–H and O–H groups in total. The third kappa shape index (κ3) is 3.79. The molecule has 1 nitrogen and oxygen atoms in total. The summed E-state index contributed by atoms with van der Waals surface area (Å²) in [6.45, 7) is 0.794. The van der Waals surface area contributed by atoms with Gasteiger partial charge in [-0.05, 0) is 41.5 Å². The Morgan fingerprint density at radius 3 is 2.21 bits per heavy atom. The number of anilines is 1. The molecule has 0 saturated carbocycles. The first kappa shape index (κ1) is 14.5. The zero-order valence-electron chi connectivity index (χ0n) is 10.5. The van der Waals surface area contributed by atoms with Crippen molar-refractivity contribution >= 4 is 40.5 Å². The monoisotopic (exact) mass is 313 g/mol. The van der Waals surface area contributed by atoms with Gasteiger partial charge in [-0.25, -0.2) is 0 Å². The summed E-state index contributed by atoms with van der Waals surface area (Å²) in [7, 11) is 2.04. The minimum Gasteiger partial charge on any atom is -0.370 e. The lowest BCUT2D eigenvalue weighted by Crippen LogP contribution is -2.17. The number of hydrogen-bond donors (Lipinski definition) is 0. The molecule has 4 heteroatoms. The van der Waals surface area contributed by atoms with Crippen LogP contribution in [0.25, 0.3) is 0 Å². The highest BCUT2D eigenvalue weighted by Crippen LogP contribution is 2.26. The lowest BCUT2D eigenvalue weighted by atomic mass is 10.1. The molecule has 0 radical (unpaired) electrons. The minimum atomic E-state index is 0.445. The first-order valence-electron chi connectivity index (χ1n) is 5.90. The molecule has 0 aliphatic heterocycles. The zero-order chi connectivity index (χ0) is 13.8. The highest BCUT2D eigenvalue weighted by atomic mass is 35.5. The standard InChI is InChI=1S/C15H14Cl3N/c1-19(10-11-2-4-13(17)5-3-11)15-7-6-14(18)8-12(15)9-16/h2-8H,9-10H2,1H3. The normalized spacial score (nSPS) is 10.5. The molecule has 0 amide bonds. The molecular weight excluding hydrogens is 301 g/mol. The van der Waals surface area contributed by atoms with Crippen LogP contribution in [0.1, 0.15) is 11.1 Å². The molecule has 19 heavy (non-hydrogen) atoms. The lowest BCUT2D eigenvalue weighted by molar-refractivity contribution is 0.916. The fourth-order valence-electron chi connectivity index (χ4n) is 1.98. The molecule has 0 heterocycles. The van der Waals surface area contributed by atoms with Crippen molar-refractivity contribution in [2.45, 2.75) is 12.4 Å². The predicted octanol–water partition coefficient (Wildman–Crippen LogP) is 5.37. The van der Waals surface area contributed by atoms with Crippen LogP contribution < -0.4 is 4.90 Å². The quantitative estimate of drug-likeness (QED) is 0.686. The molecule has 100 valence electrons. The zero-order valence-corrected chi connectivity index (χ0v) is 12.8. The highest BCUT2D eigenvalue weighted by molar-refractivity contribution is 6.31. The summed E-state index contributed by atoms with van der Waals surface area (Å²) in [5.74, 6) is 0.445. The Labute approximate surface area is 128 Å². The van der Waals surface area contributed by atoms with E-state index in [-0.39, 0.29) is 0 Å². The van der Waals surface area contributed by atoms with Crippen molar-refractivity contribution in [1.82, 2.24) is 0 Å². The Bertz CT molecular complexity index is 552. The van der Waals surface area contributed by atoms with Crippen LogP contribution in [0.4, 0.5) is 5.69 Å². The first-order chi connectivity index (χ1) is 9.10. The van der Waals surface area contributed by atoms with Crippen molar-refractivity contribution in [3.8, 4) is 0 Å². The average molecular weight is 315 g/mol. The van der Waals surface area contributed by atoms with Gasteiger partial charge in [0.05, 0.1) is 0 Å². The van der Waals surface area contributed by atoms with Crippen LogP contribution in [0.2, 0.25) is 10.0 Å². The topological polar surface area (TPSA) is 3.24 Å². The first-order valence-corrected chi connectivity index (χ1v) is 7.19. The van der Waals surface area contributed by atoms with Crippen LogP contribution >= 0.6 is 34.8 Å². The Morgan fingerprint density at radius 1 is 0.947 bits per heavy atom. The molecule has 0 spiro atoms. The molecule has 0 atom stereocenters. The van der Waals surface area contributed by atoms with Crippen LogP contribution in [0.5, 0.6) is 0 Å². The van der Waals surface area contributed by atoms with E-state index in [1.165, 1.54) is 5.56 Å². The number of hydrogen-bond acceptors (Lipinski definition) is 1. The van der Waals surface area contributed by atoms with Crippen molar-refractivity contribution < 1.29 is 0 Å². The van der Waals surface area contributed by atoms with Crippen LogP contribution in [-0.4, -0.2) is 7.05 Å². The van der Waals surface area contributed by atoms with Gasteiger partial charge in [0.1, 0.15) is 0 Å². The van der Waals surface area contributed by atoms with Gasteiger partial charge < -0.3 is 4.90 Å². The number of alkyl halides is 1. The number of benzene rings is 2. The summed E-state index contributed by atoms with van der Waals surface area (Å²) in [6, 6.07) is 13.6. The number of rotatable bonds is 4. The van der Waals surface area contributed by atoms with Crippen LogP contribution in [0.15, 0.2) is 42.5 Å². The molecule has 2 aromatic rings. The van der Waals surface area contributed by atoms with Crippen molar-refractivity contribution in [3.05, 3.63) is 63.6 Å². The average Bonchev–Trinajstić information content (AvgIpc) is 2.41. The molecule has 0 aromatic heterocycles. The molecule has 0 saturated heterocycles. The van der Waals surface area contributed by atoms with E-state index in [9.17, 15) is 0 Å². The van der Waals surface area contributed by atoms with E-state index in [4.69, 9.17) is 34.8 Å². The fourth-order valence-corrected chi connectivity index (χ4v) is 2.52. The summed E-state index contributed by atoms with van der Waals surface area (Å²) >= 11 is 17.8. The summed E-state index contributed by atoms with van der Waals surface area (Å²) < 4.78 is 0. The molecule has 0 fully saturated rings. The number of halogens is 3. The maximum Gasteiger partial charge on any atom is 0.0495 e. The number of nitrogens with zero attached hydrogens (tertiary/aromatic N) is 1. The Balaban J connectivity index is 2.19. The second-order valence-corrected chi connectivity index (χ2v) is 5.53. The van der Waals surface area contributed by atoms with Crippen LogP contribution in [-0.2, 0) is 12.4 Å². The van der Waals surface area contributed by atoms with Gasteiger partial charge in [-0.1, -0.05) is 35.3 Å². The second kappa shape index (κ2) is 6.51. The van der Waals surface area contributed by atoms with E-state index in [1.54, 1.807) is 0 Å². The third-order valence-corrected chi connectivity index (χ3v) is 3.70. The Kier molecular flexibility index (Phi) is 4.98. The maximum absolute atomic E-state index is 5.99. The van der Waals surface area contributed by atoms with E-state index in [0.29, 0.717) is 10.9 Å². The lowest BCUT2D eigenvalue weighted by Gasteiger charge is -2.22. The van der Waals surface area contributed by atoms with E-state index < -0.39 is 0 Å². The SMILES string of the molecule is CN(Cc1ccc(Cl)cc1)c1ccc(Cl)cc1CCl. The molecule has 0 aliphatic carbocycles. The molecule has 2 aromatic carbocycles. The summed E-state index contributed by atoms with van der Waals surface area (Å²) in [6.07, 6.45) is 0. The predicted molar refractivity (Wildman–Crippen MR) is 84.6 cm³/mol. The van der Waals surface area contributed by atoms with Gasteiger partial charge in [-0.2, -0.15) is 0 Å². The van der Waals surface area contributed by atoms with Crippen LogP contribution in [0, 0.1) is 0 Å². The van der Waals surface area contributed by atoms with Crippen molar-refractivity contribution in [2.24, 2.45) is 0 Å². The van der Waals surface area contributed by atoms with Gasteiger partial charge in [0.2, 0.25) is 0 Å². The smallest absolute Gasteiger partial charge is 0.0495 e. The minimum absolute atomic E-state index is 0.445. The van der Waals surface area contributed by atoms with Gasteiger partial charge in [-0.3, -0.25) is 0 Å². The van der Waals surface area contributed by atoms with Gasteiger partial charge in [0, 0.05) is 35.2 Å². The third-order valence-electron chi connectivity index (χ3n) is 2.93. The molecule has 0 unspecified atom stereocenters. The van der Waals surface area contributed by atoms with Gasteiger partial charge in [0.15, 0.2) is 0 Å². The molecule has 0 aliphatic rings. The molecular formula is C15H14Cl3N. The fraction of sp³-hybridized carbons (Fsp3) is 0.200. The Morgan fingerprint density at radius 2 is 1.58 bits per heavy atom. The van der Waals surface area contributed by atoms with Gasteiger partial charge >= 0.3 is 0 Å². The summed E-state index contributed by atoms with van der Waals surface area (Å²) in [5.41, 5.74) is 3.32. The van der Waals surface area contributed by atoms with Gasteiger partial charge in [0.25, 0.3) is 0 Å². The van der Waals surface area contributed by atoms with Crippen molar-refractivity contribution in [2.75, 3.05) is 11.9 Å². The second-order valence-electron chi connectivity index (χ2n) is 4.39. The van der Waals surface area contributed by atoms with Crippen LogP contribution in [0.3, 0.4) is 0 Å².